The van der Waals surface area contributed by atoms with Gasteiger partial charge >= 0.3 is 12.1 Å². The Balaban J connectivity index is 0.847. The van der Waals surface area contributed by atoms with Crippen molar-refractivity contribution in [1.82, 2.24) is 40.1 Å². The standard InChI is InChI=1S/C45H46F2N8O9/c1-23(2)29-18-31(38(57)19-37(29)56)40-50-51-44(62)55(40)27-6-5-26(33(46)17-27)20-52-10-12-53(13-11-52)42(60)28-7-4-25(16-34(28)47)22-64-45(63)48-35-15-24(3)14-30-32(35)21-54(43(30)61)36-8-9-39(58)49-41(36)59/h4-7,14,16-19,23-24,36,56-57H,8-13,15,20-22H2,1-3H3,(H,48,63)(H,51,62)(H,49,58,59). The Morgan fingerprint density at radius 3 is 2.42 bits per heavy atom. The number of rotatable bonds is 10. The number of ether oxygens (including phenoxy) is 1. The Hall–Kier alpha value is -7.15. The van der Waals surface area contributed by atoms with Crippen LogP contribution in [0.5, 0.6) is 17.5 Å². The van der Waals surface area contributed by atoms with Crippen LogP contribution in [0.1, 0.15) is 73.0 Å². The van der Waals surface area contributed by atoms with Gasteiger partial charge in [-0.2, -0.15) is 0 Å². The van der Waals surface area contributed by atoms with Gasteiger partial charge in [-0.25, -0.2) is 18.1 Å². The topological polar surface area (TPSA) is 220 Å². The molecule has 2 atom stereocenters. The molecule has 0 bridgehead atoms. The van der Waals surface area contributed by atoms with Crippen molar-refractivity contribution in [3.05, 3.63) is 105 Å². The van der Waals surface area contributed by atoms with E-state index in [1.807, 2.05) is 25.7 Å². The number of fused-ring (bicyclic) bond motifs is 1. The van der Waals surface area contributed by atoms with Crippen LogP contribution in [0.25, 0.3) is 17.1 Å². The second-order valence-electron chi connectivity index (χ2n) is 16.7. The molecule has 4 heterocycles. The molecule has 3 saturated heterocycles. The minimum atomic E-state index is -0.826. The SMILES string of the molecule is CC1C=C2C(=O)N(C3CCC(=O)NC3=O)CC2=C(NC(=O)OCc2ccc(C(=O)N3CCN(Cc4ccc(-n5c(O)nnc5-c5cc(C(C)C)c(O)cc5O)cc4F)CC3)c(F)c2)C1. The molecule has 0 radical (unpaired) electrons. The number of allylic oxidation sites excluding steroid dienone is 2. The molecule has 1 aliphatic carbocycles. The number of phenols is 2. The van der Waals surface area contributed by atoms with Crippen LogP contribution in [0.15, 0.2) is 71.5 Å². The molecule has 2 unspecified atom stereocenters. The van der Waals surface area contributed by atoms with E-state index in [0.717, 1.165) is 6.07 Å². The zero-order chi connectivity index (χ0) is 45.6. The number of carbonyl (C=O) groups excluding carboxylic acids is 5. The van der Waals surface area contributed by atoms with Gasteiger partial charge in [0.1, 0.15) is 35.8 Å². The second-order valence-corrected chi connectivity index (χ2v) is 16.7. The maximum absolute atomic E-state index is 15.6. The first-order chi connectivity index (χ1) is 30.6. The summed E-state index contributed by atoms with van der Waals surface area (Å²) in [4.78, 5) is 68.7. The van der Waals surface area contributed by atoms with Crippen LogP contribution in [0.3, 0.4) is 0 Å². The monoisotopic (exact) mass is 880 g/mol. The van der Waals surface area contributed by atoms with Gasteiger partial charge in [0.25, 0.3) is 11.8 Å². The lowest BCUT2D eigenvalue weighted by Crippen LogP contribution is -2.52. The molecule has 0 spiro atoms. The highest BCUT2D eigenvalue weighted by Gasteiger charge is 2.43. The lowest BCUT2D eigenvalue weighted by atomic mass is 9.90. The Morgan fingerprint density at radius 1 is 0.953 bits per heavy atom. The normalized spacial score (nSPS) is 19.2. The average molecular weight is 881 g/mol. The number of nitrogens with zero attached hydrogens (tertiary/aromatic N) is 6. The molecule has 4 aromatic rings. The molecular weight excluding hydrogens is 835 g/mol. The Labute approximate surface area is 365 Å². The third-order valence-corrected chi connectivity index (χ3v) is 12.0. The van der Waals surface area contributed by atoms with E-state index in [1.165, 1.54) is 38.6 Å². The fourth-order valence-corrected chi connectivity index (χ4v) is 8.56. The van der Waals surface area contributed by atoms with Crippen molar-refractivity contribution in [2.24, 2.45) is 5.92 Å². The number of likely N-dealkylation sites (tertiary alicyclic amines) is 1. The van der Waals surface area contributed by atoms with Crippen LogP contribution in [-0.2, 0) is 32.3 Å². The fourth-order valence-electron chi connectivity index (χ4n) is 8.56. The van der Waals surface area contributed by atoms with Gasteiger partial charge < -0.3 is 29.9 Å². The molecule has 3 fully saturated rings. The summed E-state index contributed by atoms with van der Waals surface area (Å²) in [7, 11) is 0. The molecule has 334 valence electrons. The number of aromatic nitrogens is 3. The largest absolute Gasteiger partial charge is 0.508 e. The van der Waals surface area contributed by atoms with Gasteiger partial charge in [0.05, 0.1) is 16.8 Å². The van der Waals surface area contributed by atoms with Crippen LogP contribution in [0.4, 0.5) is 13.6 Å². The molecule has 5 N–H and O–H groups in total. The molecule has 3 aromatic carbocycles. The van der Waals surface area contributed by atoms with Crippen LogP contribution in [0.2, 0.25) is 0 Å². The van der Waals surface area contributed by atoms with Crippen molar-refractivity contribution in [3.63, 3.8) is 0 Å². The summed E-state index contributed by atoms with van der Waals surface area (Å²) in [6.45, 7) is 6.84. The maximum Gasteiger partial charge on any atom is 0.411 e. The number of phenolic OH excluding ortho intramolecular Hbond substituents is 2. The number of piperazine rings is 1. The highest BCUT2D eigenvalue weighted by molar-refractivity contribution is 6.07. The smallest absolute Gasteiger partial charge is 0.411 e. The highest BCUT2D eigenvalue weighted by atomic mass is 19.1. The Morgan fingerprint density at radius 2 is 1.72 bits per heavy atom. The van der Waals surface area contributed by atoms with E-state index in [1.54, 1.807) is 24.3 Å². The fraction of sp³-hybridized carbons (Fsp3) is 0.356. The molecule has 3 aliphatic heterocycles. The number of amides is 5. The number of nitrogens with one attached hydrogen (secondary N) is 2. The van der Waals surface area contributed by atoms with E-state index in [-0.39, 0.29) is 97.5 Å². The van der Waals surface area contributed by atoms with Gasteiger partial charge in [0, 0.05) is 74.2 Å². The molecule has 64 heavy (non-hydrogen) atoms. The van der Waals surface area contributed by atoms with Gasteiger partial charge in [0.15, 0.2) is 5.82 Å². The van der Waals surface area contributed by atoms with E-state index < -0.39 is 47.5 Å². The number of hydrogen-bond acceptors (Lipinski definition) is 12. The predicted octanol–water partition coefficient (Wildman–Crippen LogP) is 4.50. The lowest BCUT2D eigenvalue weighted by molar-refractivity contribution is -0.142. The first-order valence-electron chi connectivity index (χ1n) is 20.9. The summed E-state index contributed by atoms with van der Waals surface area (Å²) in [5.74, 6) is -3.73. The van der Waals surface area contributed by atoms with Gasteiger partial charge in [-0.05, 0) is 66.1 Å². The number of hydrogen-bond donors (Lipinski definition) is 5. The maximum atomic E-state index is 15.6. The van der Waals surface area contributed by atoms with E-state index in [0.29, 0.717) is 53.0 Å². The van der Waals surface area contributed by atoms with Crippen molar-refractivity contribution in [2.75, 3.05) is 32.7 Å². The van der Waals surface area contributed by atoms with Gasteiger partial charge in [-0.1, -0.05) is 44.1 Å². The van der Waals surface area contributed by atoms with Crippen molar-refractivity contribution in [1.29, 1.82) is 0 Å². The summed E-state index contributed by atoms with van der Waals surface area (Å²) in [6, 6.07) is 9.69. The summed E-state index contributed by atoms with van der Waals surface area (Å²) in [5, 5.41) is 44.2. The second kappa shape index (κ2) is 17.5. The molecule has 5 amide bonds. The van der Waals surface area contributed by atoms with E-state index in [9.17, 15) is 39.3 Å². The lowest BCUT2D eigenvalue weighted by Gasteiger charge is -2.35. The number of halogens is 2. The van der Waals surface area contributed by atoms with Crippen molar-refractivity contribution in [3.8, 4) is 34.6 Å². The van der Waals surface area contributed by atoms with Crippen molar-refractivity contribution < 1.29 is 52.8 Å². The summed E-state index contributed by atoms with van der Waals surface area (Å²) >= 11 is 0. The first-order valence-corrected chi connectivity index (χ1v) is 20.9. The minimum Gasteiger partial charge on any atom is -0.508 e. The summed E-state index contributed by atoms with van der Waals surface area (Å²) < 4.78 is 37.6. The van der Waals surface area contributed by atoms with E-state index >= 15 is 8.78 Å². The molecular formula is C45H46F2N8O9. The number of piperidine rings is 1. The van der Waals surface area contributed by atoms with Crippen LogP contribution >= 0.6 is 0 Å². The van der Waals surface area contributed by atoms with Gasteiger partial charge in [-0.3, -0.25) is 34.7 Å². The number of aromatic hydroxyl groups is 3. The van der Waals surface area contributed by atoms with Gasteiger partial charge in [0.2, 0.25) is 11.8 Å². The van der Waals surface area contributed by atoms with Crippen LogP contribution < -0.4 is 10.6 Å². The van der Waals surface area contributed by atoms with Crippen molar-refractivity contribution in [2.45, 2.75) is 65.1 Å². The summed E-state index contributed by atoms with van der Waals surface area (Å²) in [5.41, 5.74) is 2.84. The Bertz CT molecular complexity index is 2650. The minimum absolute atomic E-state index is 0.0411. The number of alkyl carbamates (subject to hydrolysis) is 1. The molecule has 19 heteroatoms. The zero-order valence-corrected chi connectivity index (χ0v) is 35.2. The number of benzene rings is 3. The Kier molecular flexibility index (Phi) is 11.9. The highest BCUT2D eigenvalue weighted by Crippen LogP contribution is 2.39. The molecule has 0 saturated carbocycles. The van der Waals surface area contributed by atoms with Gasteiger partial charge in [-0.15, -0.1) is 5.10 Å². The molecule has 17 nitrogen and oxygen atoms in total. The third-order valence-electron chi connectivity index (χ3n) is 12.0. The number of carbonyl (C=O) groups is 5. The predicted molar refractivity (Wildman–Crippen MR) is 224 cm³/mol. The zero-order valence-electron chi connectivity index (χ0n) is 35.2. The van der Waals surface area contributed by atoms with Crippen molar-refractivity contribution >= 4 is 29.7 Å². The third kappa shape index (κ3) is 8.62. The summed E-state index contributed by atoms with van der Waals surface area (Å²) in [6.07, 6.45) is 1.70. The van der Waals surface area contributed by atoms with E-state index in [2.05, 4.69) is 20.8 Å². The number of imide groups is 1. The quantitative estimate of drug-likeness (QED) is 0.139. The van der Waals surface area contributed by atoms with Crippen LogP contribution in [0, 0.1) is 17.6 Å². The van der Waals surface area contributed by atoms with E-state index in [4.69, 9.17) is 4.74 Å². The molecule has 8 rings (SSSR count). The van der Waals surface area contributed by atoms with Crippen LogP contribution in [-0.4, -0.2) is 113 Å². The average Bonchev–Trinajstić information content (AvgIpc) is 3.79. The molecule has 4 aliphatic rings. The first kappa shape index (κ1) is 43.5. The molecule has 1 aromatic heterocycles.